The van der Waals surface area contributed by atoms with Gasteiger partial charge in [-0.05, 0) is 41.3 Å². The van der Waals surface area contributed by atoms with Crippen molar-refractivity contribution in [2.75, 3.05) is 0 Å². The van der Waals surface area contributed by atoms with E-state index in [1.54, 1.807) is 0 Å². The van der Waals surface area contributed by atoms with E-state index in [4.69, 9.17) is 4.74 Å². The van der Waals surface area contributed by atoms with Crippen molar-refractivity contribution < 1.29 is 9.53 Å². The standard InChI is InChI=1S/C22H23NO2/c1-3-20(25-21-14-7-4-9-16(21)2)22(24)23-15-18-12-8-11-17-10-5-6-13-19(17)18/h4-14,20H,3,15H2,1-2H3,(H,23,24). The Bertz CT molecular complexity index is 867. The predicted octanol–water partition coefficient (Wildman–Crippen LogP) is 4.62. The number of rotatable bonds is 6. The number of benzene rings is 3. The second-order valence-electron chi connectivity index (χ2n) is 6.14. The highest BCUT2D eigenvalue weighted by atomic mass is 16.5. The molecule has 1 atom stereocenters. The van der Waals surface area contributed by atoms with E-state index in [0.29, 0.717) is 13.0 Å². The molecule has 3 aromatic rings. The second kappa shape index (κ2) is 7.84. The first-order valence-electron chi connectivity index (χ1n) is 8.65. The molecule has 1 amide bonds. The number of ether oxygens (including phenoxy) is 1. The molecule has 3 nitrogen and oxygen atoms in total. The van der Waals surface area contributed by atoms with Crippen molar-refractivity contribution in [3.8, 4) is 5.75 Å². The van der Waals surface area contributed by atoms with Crippen molar-refractivity contribution >= 4 is 16.7 Å². The molecule has 0 heterocycles. The number of amides is 1. The quantitative estimate of drug-likeness (QED) is 0.715. The van der Waals surface area contributed by atoms with E-state index >= 15 is 0 Å². The smallest absolute Gasteiger partial charge is 0.261 e. The number of para-hydroxylation sites is 1. The Morgan fingerprint density at radius 2 is 1.72 bits per heavy atom. The number of carbonyl (C=O) groups excluding carboxylic acids is 1. The number of fused-ring (bicyclic) bond motifs is 1. The summed E-state index contributed by atoms with van der Waals surface area (Å²) in [4.78, 5) is 12.6. The molecule has 0 spiro atoms. The van der Waals surface area contributed by atoms with Crippen LogP contribution < -0.4 is 10.1 Å². The van der Waals surface area contributed by atoms with Gasteiger partial charge in [0.1, 0.15) is 5.75 Å². The molecular weight excluding hydrogens is 310 g/mol. The van der Waals surface area contributed by atoms with Gasteiger partial charge in [-0.3, -0.25) is 4.79 Å². The first-order chi connectivity index (χ1) is 12.2. The second-order valence-corrected chi connectivity index (χ2v) is 6.14. The number of hydrogen-bond acceptors (Lipinski definition) is 2. The summed E-state index contributed by atoms with van der Waals surface area (Å²) in [7, 11) is 0. The average Bonchev–Trinajstić information content (AvgIpc) is 2.65. The monoisotopic (exact) mass is 333 g/mol. The van der Waals surface area contributed by atoms with Crippen LogP contribution in [0.3, 0.4) is 0 Å². The van der Waals surface area contributed by atoms with Crippen LogP contribution >= 0.6 is 0 Å². The molecule has 0 saturated carbocycles. The number of aryl methyl sites for hydroxylation is 1. The molecule has 1 N–H and O–H groups in total. The van der Waals surface area contributed by atoms with Gasteiger partial charge >= 0.3 is 0 Å². The third kappa shape index (κ3) is 4.00. The Morgan fingerprint density at radius 3 is 2.52 bits per heavy atom. The van der Waals surface area contributed by atoms with Gasteiger partial charge in [0.05, 0.1) is 0 Å². The largest absolute Gasteiger partial charge is 0.480 e. The molecule has 3 aromatic carbocycles. The summed E-state index contributed by atoms with van der Waals surface area (Å²) >= 11 is 0. The van der Waals surface area contributed by atoms with Crippen molar-refractivity contribution in [2.45, 2.75) is 32.9 Å². The average molecular weight is 333 g/mol. The molecule has 0 fully saturated rings. The lowest BCUT2D eigenvalue weighted by atomic mass is 10.0. The first-order valence-corrected chi connectivity index (χ1v) is 8.65. The fourth-order valence-electron chi connectivity index (χ4n) is 2.91. The van der Waals surface area contributed by atoms with Crippen molar-refractivity contribution in [3.05, 3.63) is 77.9 Å². The van der Waals surface area contributed by atoms with Gasteiger partial charge in [-0.2, -0.15) is 0 Å². The molecule has 0 aliphatic carbocycles. The Hall–Kier alpha value is -2.81. The molecule has 25 heavy (non-hydrogen) atoms. The van der Waals surface area contributed by atoms with E-state index < -0.39 is 6.10 Å². The van der Waals surface area contributed by atoms with E-state index in [0.717, 1.165) is 22.3 Å². The maximum atomic E-state index is 12.6. The predicted molar refractivity (Wildman–Crippen MR) is 102 cm³/mol. The van der Waals surface area contributed by atoms with E-state index in [1.165, 1.54) is 5.39 Å². The van der Waals surface area contributed by atoms with Crippen LogP contribution in [0.5, 0.6) is 5.75 Å². The van der Waals surface area contributed by atoms with E-state index in [9.17, 15) is 4.79 Å². The third-order valence-electron chi connectivity index (χ3n) is 4.36. The van der Waals surface area contributed by atoms with Crippen molar-refractivity contribution in [1.82, 2.24) is 5.32 Å². The summed E-state index contributed by atoms with van der Waals surface area (Å²) in [5.74, 6) is 0.674. The SMILES string of the molecule is CCC(Oc1ccccc1C)C(=O)NCc1cccc2ccccc12. The minimum atomic E-state index is -0.490. The topological polar surface area (TPSA) is 38.3 Å². The number of hydrogen-bond donors (Lipinski definition) is 1. The van der Waals surface area contributed by atoms with Crippen molar-refractivity contribution in [2.24, 2.45) is 0 Å². The lowest BCUT2D eigenvalue weighted by molar-refractivity contribution is -0.128. The zero-order valence-corrected chi connectivity index (χ0v) is 14.7. The lowest BCUT2D eigenvalue weighted by Gasteiger charge is -2.19. The number of nitrogens with one attached hydrogen (secondary N) is 1. The zero-order valence-electron chi connectivity index (χ0n) is 14.7. The summed E-state index contributed by atoms with van der Waals surface area (Å²) < 4.78 is 5.92. The Morgan fingerprint density at radius 1 is 1.00 bits per heavy atom. The van der Waals surface area contributed by atoms with E-state index in [2.05, 4.69) is 23.5 Å². The van der Waals surface area contributed by atoms with Gasteiger partial charge < -0.3 is 10.1 Å². The third-order valence-corrected chi connectivity index (χ3v) is 4.36. The van der Waals surface area contributed by atoms with Gasteiger partial charge in [-0.25, -0.2) is 0 Å². The Labute approximate surface area is 148 Å². The summed E-state index contributed by atoms with van der Waals surface area (Å²) in [5.41, 5.74) is 2.14. The molecule has 0 aliphatic rings. The van der Waals surface area contributed by atoms with Crippen LogP contribution in [0.2, 0.25) is 0 Å². The van der Waals surface area contributed by atoms with Gasteiger partial charge in [-0.15, -0.1) is 0 Å². The summed E-state index contributed by atoms with van der Waals surface area (Å²) in [5, 5.41) is 5.36. The molecule has 0 saturated heterocycles. The first kappa shape index (κ1) is 17.0. The molecule has 0 aromatic heterocycles. The lowest BCUT2D eigenvalue weighted by Crippen LogP contribution is -2.37. The number of carbonyl (C=O) groups is 1. The van der Waals surface area contributed by atoms with Crippen LogP contribution in [0.25, 0.3) is 10.8 Å². The van der Waals surface area contributed by atoms with Crippen molar-refractivity contribution in [1.29, 1.82) is 0 Å². The van der Waals surface area contributed by atoms with Gasteiger partial charge in [0.25, 0.3) is 5.91 Å². The highest BCUT2D eigenvalue weighted by Gasteiger charge is 2.19. The minimum absolute atomic E-state index is 0.0845. The van der Waals surface area contributed by atoms with Crippen LogP contribution in [0.1, 0.15) is 24.5 Å². The molecule has 128 valence electrons. The summed E-state index contributed by atoms with van der Waals surface area (Å²) in [6.07, 6.45) is 0.131. The highest BCUT2D eigenvalue weighted by Crippen LogP contribution is 2.20. The molecule has 0 aliphatic heterocycles. The maximum Gasteiger partial charge on any atom is 0.261 e. The molecule has 0 bridgehead atoms. The van der Waals surface area contributed by atoms with Gasteiger partial charge in [0, 0.05) is 6.54 Å². The van der Waals surface area contributed by atoms with Gasteiger partial charge in [0.15, 0.2) is 6.10 Å². The van der Waals surface area contributed by atoms with E-state index in [1.807, 2.05) is 62.4 Å². The van der Waals surface area contributed by atoms with Crippen LogP contribution in [-0.4, -0.2) is 12.0 Å². The molecular formula is C22H23NO2. The van der Waals surface area contributed by atoms with Crippen LogP contribution in [0, 0.1) is 6.92 Å². The summed E-state index contributed by atoms with van der Waals surface area (Å²) in [6, 6.07) is 22.1. The zero-order chi connectivity index (χ0) is 17.6. The fourth-order valence-corrected chi connectivity index (χ4v) is 2.91. The highest BCUT2D eigenvalue weighted by molar-refractivity contribution is 5.86. The molecule has 1 unspecified atom stereocenters. The maximum absolute atomic E-state index is 12.6. The minimum Gasteiger partial charge on any atom is -0.480 e. The molecule has 3 heteroatoms. The molecule has 3 rings (SSSR count). The molecule has 0 radical (unpaired) electrons. The van der Waals surface area contributed by atoms with Crippen LogP contribution in [-0.2, 0) is 11.3 Å². The van der Waals surface area contributed by atoms with Gasteiger partial charge in [0.2, 0.25) is 0 Å². The Kier molecular flexibility index (Phi) is 5.34. The van der Waals surface area contributed by atoms with Crippen LogP contribution in [0.15, 0.2) is 66.7 Å². The van der Waals surface area contributed by atoms with Crippen molar-refractivity contribution in [3.63, 3.8) is 0 Å². The van der Waals surface area contributed by atoms with Gasteiger partial charge in [-0.1, -0.05) is 67.6 Å². The van der Waals surface area contributed by atoms with Crippen LogP contribution in [0.4, 0.5) is 0 Å². The Balaban J connectivity index is 1.69. The summed E-state index contributed by atoms with van der Waals surface area (Å²) in [6.45, 7) is 4.43. The normalized spacial score (nSPS) is 11.9. The van der Waals surface area contributed by atoms with E-state index in [-0.39, 0.29) is 5.91 Å². The fraction of sp³-hybridized carbons (Fsp3) is 0.227.